The molecule has 0 bridgehead atoms. The molecular formula is C24H21N5O5. The predicted octanol–water partition coefficient (Wildman–Crippen LogP) is 3.17. The topological polar surface area (TPSA) is 131 Å². The molecule has 172 valence electrons. The van der Waals surface area contributed by atoms with Gasteiger partial charge in [0.1, 0.15) is 11.5 Å². The number of nitrogens with zero attached hydrogens (tertiary/aromatic N) is 4. The normalized spacial score (nSPS) is 10.5. The molecule has 2 N–H and O–H groups in total. The molecule has 0 unspecified atom stereocenters. The molecule has 0 aliphatic rings. The van der Waals surface area contributed by atoms with Crippen LogP contribution in [0, 0.1) is 0 Å². The van der Waals surface area contributed by atoms with Gasteiger partial charge in [-0.1, -0.05) is 42.5 Å². The summed E-state index contributed by atoms with van der Waals surface area (Å²) in [6, 6.07) is 22.5. The third-order valence-corrected chi connectivity index (χ3v) is 4.59. The lowest BCUT2D eigenvalue weighted by Gasteiger charge is -2.07. The molecule has 0 fully saturated rings. The number of anilines is 1. The molecule has 0 amide bonds. The Morgan fingerprint density at radius 3 is 2.15 bits per heavy atom. The molecule has 4 rings (SSSR count). The van der Waals surface area contributed by atoms with Crippen LogP contribution in [0.4, 0.5) is 10.5 Å². The molecule has 34 heavy (non-hydrogen) atoms. The van der Waals surface area contributed by atoms with Gasteiger partial charge in [0.15, 0.2) is 5.82 Å². The predicted molar refractivity (Wildman–Crippen MR) is 121 cm³/mol. The molecule has 10 heteroatoms. The summed E-state index contributed by atoms with van der Waals surface area (Å²) >= 11 is 0. The summed E-state index contributed by atoms with van der Waals surface area (Å²) in [5, 5.41) is 12.1. The van der Waals surface area contributed by atoms with E-state index in [4.69, 9.17) is 19.9 Å². The lowest BCUT2D eigenvalue weighted by molar-refractivity contribution is -0.147. The van der Waals surface area contributed by atoms with Crippen molar-refractivity contribution in [2.75, 3.05) is 5.73 Å². The van der Waals surface area contributed by atoms with E-state index in [1.165, 1.54) is 4.80 Å². The van der Waals surface area contributed by atoms with Crippen molar-refractivity contribution in [2.24, 2.45) is 0 Å². The molecule has 0 radical (unpaired) electrons. The van der Waals surface area contributed by atoms with Gasteiger partial charge in [0.05, 0.1) is 6.42 Å². The second-order valence-corrected chi connectivity index (χ2v) is 7.23. The first kappa shape index (κ1) is 22.5. The SMILES string of the molecule is Nc1ccc(OC(=O)Oc2ccc(CC(=O)OCn3nnc(Cc4ccccc4)n3)cc2)cc1. The van der Waals surface area contributed by atoms with Crippen molar-refractivity contribution < 1.29 is 23.8 Å². The van der Waals surface area contributed by atoms with Gasteiger partial charge in [0, 0.05) is 12.1 Å². The number of nitrogens with two attached hydrogens (primary N) is 1. The van der Waals surface area contributed by atoms with Crippen LogP contribution >= 0.6 is 0 Å². The number of tetrazole rings is 1. The summed E-state index contributed by atoms with van der Waals surface area (Å²) in [6.45, 7) is -0.140. The highest BCUT2D eigenvalue weighted by atomic mass is 16.7. The molecule has 3 aromatic carbocycles. The van der Waals surface area contributed by atoms with Crippen molar-refractivity contribution in [3.05, 3.63) is 95.8 Å². The van der Waals surface area contributed by atoms with Crippen molar-refractivity contribution >= 4 is 17.8 Å². The smallest absolute Gasteiger partial charge is 0.440 e. The zero-order valence-corrected chi connectivity index (χ0v) is 18.0. The maximum Gasteiger partial charge on any atom is 0.519 e. The average molecular weight is 459 g/mol. The second kappa shape index (κ2) is 10.7. The van der Waals surface area contributed by atoms with Crippen LogP contribution in [-0.2, 0) is 29.1 Å². The Morgan fingerprint density at radius 2 is 1.47 bits per heavy atom. The monoisotopic (exact) mass is 459 g/mol. The van der Waals surface area contributed by atoms with E-state index in [2.05, 4.69) is 15.4 Å². The highest BCUT2D eigenvalue weighted by molar-refractivity contribution is 5.72. The fourth-order valence-corrected chi connectivity index (χ4v) is 2.95. The lowest BCUT2D eigenvalue weighted by atomic mass is 10.1. The lowest BCUT2D eigenvalue weighted by Crippen LogP contribution is -2.14. The molecular weight excluding hydrogens is 438 g/mol. The Bertz CT molecular complexity index is 1240. The van der Waals surface area contributed by atoms with E-state index in [9.17, 15) is 9.59 Å². The van der Waals surface area contributed by atoms with Crippen molar-refractivity contribution in [2.45, 2.75) is 19.6 Å². The number of carbonyl (C=O) groups excluding carboxylic acids is 2. The molecule has 0 saturated heterocycles. The average Bonchev–Trinajstić information content (AvgIpc) is 3.28. The fraction of sp³-hybridized carbons (Fsp3) is 0.125. The molecule has 1 heterocycles. The number of hydrogen-bond acceptors (Lipinski definition) is 9. The molecule has 0 spiro atoms. The minimum Gasteiger partial charge on any atom is -0.440 e. The van der Waals surface area contributed by atoms with Crippen LogP contribution in [0.5, 0.6) is 11.5 Å². The maximum atomic E-state index is 12.1. The molecule has 0 aliphatic heterocycles. The van der Waals surface area contributed by atoms with Gasteiger partial charge < -0.3 is 19.9 Å². The molecule has 4 aromatic rings. The van der Waals surface area contributed by atoms with Gasteiger partial charge in [-0.05, 0) is 52.7 Å². The van der Waals surface area contributed by atoms with Gasteiger partial charge in [-0.25, -0.2) is 4.79 Å². The zero-order valence-electron chi connectivity index (χ0n) is 18.0. The van der Waals surface area contributed by atoms with E-state index in [1.54, 1.807) is 48.5 Å². The number of nitrogen functional groups attached to an aromatic ring is 1. The van der Waals surface area contributed by atoms with E-state index >= 15 is 0 Å². The first-order chi connectivity index (χ1) is 16.5. The number of benzene rings is 3. The summed E-state index contributed by atoms with van der Waals surface area (Å²) < 4.78 is 15.4. The van der Waals surface area contributed by atoms with Crippen molar-refractivity contribution in [1.82, 2.24) is 20.2 Å². The minimum absolute atomic E-state index is 0.0295. The quantitative estimate of drug-likeness (QED) is 0.240. The highest BCUT2D eigenvalue weighted by Crippen LogP contribution is 2.17. The Morgan fingerprint density at radius 1 is 0.824 bits per heavy atom. The van der Waals surface area contributed by atoms with E-state index in [0.29, 0.717) is 29.2 Å². The van der Waals surface area contributed by atoms with Crippen LogP contribution in [-0.4, -0.2) is 32.3 Å². The zero-order chi connectivity index (χ0) is 23.8. The van der Waals surface area contributed by atoms with Gasteiger partial charge in [0.25, 0.3) is 0 Å². The highest BCUT2D eigenvalue weighted by Gasteiger charge is 2.11. The van der Waals surface area contributed by atoms with Gasteiger partial charge >= 0.3 is 12.1 Å². The number of carbonyl (C=O) groups is 2. The van der Waals surface area contributed by atoms with Gasteiger partial charge in [0.2, 0.25) is 6.73 Å². The third kappa shape index (κ3) is 6.63. The van der Waals surface area contributed by atoms with Crippen LogP contribution in [0.1, 0.15) is 17.0 Å². The number of aromatic nitrogens is 4. The van der Waals surface area contributed by atoms with Crippen molar-refractivity contribution in [3.8, 4) is 11.5 Å². The molecule has 10 nitrogen and oxygen atoms in total. The van der Waals surface area contributed by atoms with E-state index in [-0.39, 0.29) is 18.9 Å². The van der Waals surface area contributed by atoms with Crippen LogP contribution in [0.15, 0.2) is 78.9 Å². The first-order valence-electron chi connectivity index (χ1n) is 10.3. The number of esters is 1. The van der Waals surface area contributed by atoms with Gasteiger partial charge in [-0.2, -0.15) is 0 Å². The van der Waals surface area contributed by atoms with Crippen LogP contribution < -0.4 is 15.2 Å². The maximum absolute atomic E-state index is 12.1. The summed E-state index contributed by atoms with van der Waals surface area (Å²) in [5.41, 5.74) is 7.89. The second-order valence-electron chi connectivity index (χ2n) is 7.23. The Labute approximate surface area is 194 Å². The summed E-state index contributed by atoms with van der Waals surface area (Å²) in [7, 11) is 0. The van der Waals surface area contributed by atoms with Crippen LogP contribution in [0.2, 0.25) is 0 Å². The minimum atomic E-state index is -0.885. The van der Waals surface area contributed by atoms with Gasteiger partial charge in [-0.3, -0.25) is 4.79 Å². The Balaban J connectivity index is 1.21. The first-order valence-corrected chi connectivity index (χ1v) is 10.3. The summed E-state index contributed by atoms with van der Waals surface area (Å²) in [5.74, 6) is 0.661. The standard InChI is InChI=1S/C24H21N5O5/c25-19-8-12-21(13-9-19)34-24(31)33-20-10-6-18(7-11-20)15-23(30)32-16-29-27-22(26-28-29)14-17-4-2-1-3-5-17/h1-13H,14-16,25H2. The summed E-state index contributed by atoms with van der Waals surface area (Å²) in [4.78, 5) is 25.3. The van der Waals surface area contributed by atoms with Crippen molar-refractivity contribution in [1.29, 1.82) is 0 Å². The van der Waals surface area contributed by atoms with Crippen LogP contribution in [0.25, 0.3) is 0 Å². The largest absolute Gasteiger partial charge is 0.519 e. The van der Waals surface area contributed by atoms with Gasteiger partial charge in [-0.15, -0.1) is 15.0 Å². The molecule has 1 aromatic heterocycles. The number of hydrogen-bond donors (Lipinski definition) is 1. The number of ether oxygens (including phenoxy) is 3. The molecule has 0 atom stereocenters. The Hall–Kier alpha value is -4.73. The summed E-state index contributed by atoms with van der Waals surface area (Å²) in [6.07, 6.45) is -0.317. The number of rotatable bonds is 8. The molecule has 0 aliphatic carbocycles. The van der Waals surface area contributed by atoms with E-state index < -0.39 is 12.1 Å². The third-order valence-electron chi connectivity index (χ3n) is 4.59. The Kier molecular flexibility index (Phi) is 7.09. The van der Waals surface area contributed by atoms with E-state index in [0.717, 1.165) is 5.56 Å². The fourth-order valence-electron chi connectivity index (χ4n) is 2.95. The van der Waals surface area contributed by atoms with Crippen molar-refractivity contribution in [3.63, 3.8) is 0 Å². The van der Waals surface area contributed by atoms with Crippen LogP contribution in [0.3, 0.4) is 0 Å². The van der Waals surface area contributed by atoms with E-state index in [1.807, 2.05) is 30.3 Å². The molecule has 0 saturated carbocycles.